The molecular formula is C14H37N7. The minimum atomic E-state index is 0.690. The molecule has 0 fully saturated rings. The second-order valence-corrected chi connectivity index (χ2v) is 5.14. The Labute approximate surface area is 130 Å². The molecule has 8 N–H and O–H groups in total. The van der Waals surface area contributed by atoms with Crippen LogP contribution in [0.5, 0.6) is 0 Å². The van der Waals surface area contributed by atoms with Gasteiger partial charge in [-0.3, -0.25) is 4.90 Å². The third-order valence-corrected chi connectivity index (χ3v) is 3.47. The smallest absolute Gasteiger partial charge is 0.0108 e. The molecule has 0 aromatic heterocycles. The van der Waals surface area contributed by atoms with E-state index >= 15 is 0 Å². The third-order valence-electron chi connectivity index (χ3n) is 3.47. The molecule has 7 heteroatoms. The normalized spacial score (nSPS) is 11.7. The van der Waals surface area contributed by atoms with Crippen molar-refractivity contribution in [3.05, 3.63) is 0 Å². The second-order valence-electron chi connectivity index (χ2n) is 5.14. The zero-order valence-electron chi connectivity index (χ0n) is 13.8. The maximum absolute atomic E-state index is 5.66. The van der Waals surface area contributed by atoms with Crippen LogP contribution in [0.1, 0.15) is 6.92 Å². The zero-order valence-corrected chi connectivity index (χ0v) is 13.8. The third kappa shape index (κ3) is 13.1. The highest BCUT2D eigenvalue weighted by Crippen LogP contribution is 1.86. The molecule has 128 valence electrons. The fourth-order valence-corrected chi connectivity index (χ4v) is 2.19. The Morgan fingerprint density at radius 1 is 0.619 bits per heavy atom. The number of hydrogen-bond acceptors (Lipinski definition) is 7. The lowest BCUT2D eigenvalue weighted by molar-refractivity contribution is 0.268. The molecule has 0 spiro atoms. The fourth-order valence-electron chi connectivity index (χ4n) is 2.19. The van der Waals surface area contributed by atoms with Crippen LogP contribution in [0.15, 0.2) is 0 Å². The summed E-state index contributed by atoms with van der Waals surface area (Å²) in [6.07, 6.45) is 0. The minimum absolute atomic E-state index is 0.690. The highest BCUT2D eigenvalue weighted by Gasteiger charge is 2.04. The van der Waals surface area contributed by atoms with Gasteiger partial charge in [0.1, 0.15) is 0 Å². The summed E-state index contributed by atoms with van der Waals surface area (Å²) in [5.41, 5.74) is 16.7. The molecule has 0 bridgehead atoms. The van der Waals surface area contributed by atoms with Crippen LogP contribution >= 0.6 is 0 Å². The average molecular weight is 303 g/mol. The van der Waals surface area contributed by atoms with Gasteiger partial charge in [0.05, 0.1) is 0 Å². The Bertz CT molecular complexity index is 204. The van der Waals surface area contributed by atoms with Crippen LogP contribution in [0.2, 0.25) is 0 Å². The van der Waals surface area contributed by atoms with Crippen molar-refractivity contribution in [2.75, 3.05) is 85.1 Å². The van der Waals surface area contributed by atoms with E-state index in [1.54, 1.807) is 0 Å². The van der Waals surface area contributed by atoms with E-state index in [0.717, 1.165) is 72.0 Å². The Morgan fingerprint density at radius 3 is 1.57 bits per heavy atom. The molecule has 0 atom stereocenters. The van der Waals surface area contributed by atoms with Crippen molar-refractivity contribution in [1.29, 1.82) is 0 Å². The molecule has 21 heavy (non-hydrogen) atoms. The molecule has 0 aliphatic rings. The summed E-state index contributed by atoms with van der Waals surface area (Å²) in [4.78, 5) is 4.75. The van der Waals surface area contributed by atoms with Gasteiger partial charge >= 0.3 is 0 Å². The molecule has 0 heterocycles. The molecule has 0 aromatic rings. The molecule has 0 aliphatic heterocycles. The van der Waals surface area contributed by atoms with Crippen molar-refractivity contribution in [2.45, 2.75) is 6.92 Å². The summed E-state index contributed by atoms with van der Waals surface area (Å²) >= 11 is 0. The van der Waals surface area contributed by atoms with E-state index in [0.29, 0.717) is 13.1 Å². The lowest BCUT2D eigenvalue weighted by Gasteiger charge is -2.23. The molecule has 0 aromatic carbocycles. The molecule has 0 rings (SSSR count). The van der Waals surface area contributed by atoms with Crippen LogP contribution < -0.4 is 27.8 Å². The average Bonchev–Trinajstić information content (AvgIpc) is 2.49. The van der Waals surface area contributed by atoms with Gasteiger partial charge in [-0.15, -0.1) is 0 Å². The Balaban J connectivity index is 3.62. The number of rotatable bonds is 16. The summed E-state index contributed by atoms with van der Waals surface area (Å²) in [5, 5.41) is 6.81. The Hall–Kier alpha value is -0.280. The standard InChI is InChI=1S/C14H37N7/c1-2-20(10-4-16)12-7-19-9-14-21(11-5-17)13-8-18-6-3-15/h18-19H,2-17H2,1H3. The van der Waals surface area contributed by atoms with Crippen LogP contribution in [0.3, 0.4) is 0 Å². The summed E-state index contributed by atoms with van der Waals surface area (Å²) in [7, 11) is 0. The second kappa shape index (κ2) is 16.1. The van der Waals surface area contributed by atoms with E-state index in [9.17, 15) is 0 Å². The molecule has 0 saturated carbocycles. The topological polar surface area (TPSA) is 109 Å². The van der Waals surface area contributed by atoms with Gasteiger partial charge in [0.2, 0.25) is 0 Å². The Morgan fingerprint density at radius 2 is 1.10 bits per heavy atom. The van der Waals surface area contributed by atoms with Gasteiger partial charge in [-0.2, -0.15) is 0 Å². The number of nitrogens with one attached hydrogen (secondary N) is 2. The molecular weight excluding hydrogens is 266 g/mol. The van der Waals surface area contributed by atoms with Gasteiger partial charge < -0.3 is 32.7 Å². The summed E-state index contributed by atoms with van der Waals surface area (Å²) in [5.74, 6) is 0. The predicted octanol–water partition coefficient (Wildman–Crippen LogP) is -2.33. The van der Waals surface area contributed by atoms with E-state index in [1.165, 1.54) is 0 Å². The van der Waals surface area contributed by atoms with Crippen LogP contribution in [0, 0.1) is 0 Å². The molecule has 0 unspecified atom stereocenters. The molecule has 0 aliphatic carbocycles. The van der Waals surface area contributed by atoms with Crippen molar-refractivity contribution in [1.82, 2.24) is 20.4 Å². The van der Waals surface area contributed by atoms with Gasteiger partial charge in [0.25, 0.3) is 0 Å². The SMILES string of the molecule is CCN(CCN)CCNCCN(CCN)CCNCCN. The highest BCUT2D eigenvalue weighted by atomic mass is 15.2. The van der Waals surface area contributed by atoms with Gasteiger partial charge in [-0.05, 0) is 6.54 Å². The minimum Gasteiger partial charge on any atom is -0.329 e. The summed E-state index contributed by atoms with van der Waals surface area (Å²) in [6.45, 7) is 14.2. The molecule has 0 amide bonds. The first-order valence-electron chi connectivity index (χ1n) is 8.24. The number of nitrogens with two attached hydrogens (primary N) is 3. The first kappa shape index (κ1) is 20.7. The van der Waals surface area contributed by atoms with Crippen LogP contribution in [-0.2, 0) is 0 Å². The maximum atomic E-state index is 5.66. The number of nitrogens with zero attached hydrogens (tertiary/aromatic N) is 2. The van der Waals surface area contributed by atoms with Gasteiger partial charge in [0, 0.05) is 78.5 Å². The largest absolute Gasteiger partial charge is 0.329 e. The summed E-state index contributed by atoms with van der Waals surface area (Å²) in [6, 6.07) is 0. The van der Waals surface area contributed by atoms with Crippen molar-refractivity contribution in [3.63, 3.8) is 0 Å². The highest BCUT2D eigenvalue weighted by molar-refractivity contribution is 4.64. The predicted molar refractivity (Wildman–Crippen MR) is 91.5 cm³/mol. The van der Waals surface area contributed by atoms with Crippen LogP contribution in [0.4, 0.5) is 0 Å². The lowest BCUT2D eigenvalue weighted by Crippen LogP contribution is -2.41. The van der Waals surface area contributed by atoms with Crippen LogP contribution in [0.25, 0.3) is 0 Å². The zero-order chi connectivity index (χ0) is 15.8. The van der Waals surface area contributed by atoms with Crippen molar-refractivity contribution in [3.8, 4) is 0 Å². The van der Waals surface area contributed by atoms with E-state index in [2.05, 4.69) is 27.4 Å². The van der Waals surface area contributed by atoms with Gasteiger partial charge in [-0.25, -0.2) is 0 Å². The lowest BCUT2D eigenvalue weighted by atomic mass is 10.4. The summed E-state index contributed by atoms with van der Waals surface area (Å²) < 4.78 is 0. The van der Waals surface area contributed by atoms with E-state index in [4.69, 9.17) is 17.2 Å². The van der Waals surface area contributed by atoms with Crippen molar-refractivity contribution >= 4 is 0 Å². The van der Waals surface area contributed by atoms with Gasteiger partial charge in [0.15, 0.2) is 0 Å². The van der Waals surface area contributed by atoms with Crippen molar-refractivity contribution < 1.29 is 0 Å². The molecule has 7 nitrogen and oxygen atoms in total. The first-order valence-corrected chi connectivity index (χ1v) is 8.24. The van der Waals surface area contributed by atoms with Crippen molar-refractivity contribution in [2.24, 2.45) is 17.2 Å². The number of hydrogen-bond donors (Lipinski definition) is 5. The molecule has 0 saturated heterocycles. The number of likely N-dealkylation sites (N-methyl/N-ethyl adjacent to an activating group) is 1. The first-order chi connectivity index (χ1) is 10.3. The van der Waals surface area contributed by atoms with Crippen LogP contribution in [-0.4, -0.2) is 94.9 Å². The monoisotopic (exact) mass is 303 g/mol. The fraction of sp³-hybridized carbons (Fsp3) is 1.00. The Kier molecular flexibility index (Phi) is 15.9. The van der Waals surface area contributed by atoms with Gasteiger partial charge in [-0.1, -0.05) is 6.92 Å². The maximum Gasteiger partial charge on any atom is 0.0108 e. The van der Waals surface area contributed by atoms with E-state index in [-0.39, 0.29) is 0 Å². The van der Waals surface area contributed by atoms with E-state index < -0.39 is 0 Å². The van der Waals surface area contributed by atoms with E-state index in [1.807, 2.05) is 0 Å². The quantitative estimate of drug-likeness (QED) is 0.203. The molecule has 0 radical (unpaired) electrons.